The summed E-state index contributed by atoms with van der Waals surface area (Å²) >= 11 is 0. The molecule has 0 aliphatic rings. The van der Waals surface area contributed by atoms with Crippen LogP contribution in [0.4, 0.5) is 5.69 Å². The lowest BCUT2D eigenvalue weighted by Crippen LogP contribution is -2.17. The van der Waals surface area contributed by atoms with Crippen LogP contribution in [0.5, 0.6) is 11.5 Å². The van der Waals surface area contributed by atoms with Gasteiger partial charge in [0, 0.05) is 11.3 Å². The molecule has 3 rings (SSSR count). The Labute approximate surface area is 182 Å². The van der Waals surface area contributed by atoms with E-state index in [0.29, 0.717) is 18.1 Å². The zero-order valence-electron chi connectivity index (χ0n) is 17.9. The van der Waals surface area contributed by atoms with E-state index in [0.717, 1.165) is 27.9 Å². The average Bonchev–Trinajstić information content (AvgIpc) is 2.78. The van der Waals surface area contributed by atoms with Crippen molar-refractivity contribution in [3.63, 3.8) is 0 Å². The zero-order valence-corrected chi connectivity index (χ0v) is 17.9. The van der Waals surface area contributed by atoms with Crippen LogP contribution in [0, 0.1) is 13.8 Å². The van der Waals surface area contributed by atoms with E-state index in [1.54, 1.807) is 13.2 Å². The van der Waals surface area contributed by atoms with Gasteiger partial charge in [0.15, 0.2) is 18.1 Å². The lowest BCUT2D eigenvalue weighted by atomic mass is 10.1. The molecule has 0 heterocycles. The first-order chi connectivity index (χ1) is 15.0. The summed E-state index contributed by atoms with van der Waals surface area (Å²) in [5.41, 5.74) is 4.74. The molecular formula is C25H26N2O4. The van der Waals surface area contributed by atoms with Crippen molar-refractivity contribution >= 4 is 17.8 Å². The van der Waals surface area contributed by atoms with Crippen LogP contribution in [0.15, 0.2) is 71.9 Å². The van der Waals surface area contributed by atoms with E-state index in [2.05, 4.69) is 10.5 Å². The second-order valence-electron chi connectivity index (χ2n) is 7.06. The molecule has 6 heteroatoms. The standard InChI is InChI=1S/C25H26N2O4/c1-18-9-11-22(19(2)13-18)27-25(28)17-31-26-15-21-10-12-23(24(14-21)29-3)30-16-20-7-5-4-6-8-20/h4-15H,16-17H2,1-3H3,(H,27,28)/b26-15+. The van der Waals surface area contributed by atoms with Crippen LogP contribution in [0.3, 0.4) is 0 Å². The fourth-order valence-corrected chi connectivity index (χ4v) is 2.95. The van der Waals surface area contributed by atoms with E-state index in [-0.39, 0.29) is 12.5 Å². The molecule has 0 atom stereocenters. The van der Waals surface area contributed by atoms with Gasteiger partial charge in [-0.25, -0.2) is 0 Å². The number of carbonyl (C=O) groups is 1. The van der Waals surface area contributed by atoms with Crippen LogP contribution in [-0.4, -0.2) is 25.8 Å². The predicted molar refractivity (Wildman–Crippen MR) is 122 cm³/mol. The number of anilines is 1. The first kappa shape index (κ1) is 21.9. The number of carbonyl (C=O) groups excluding carboxylic acids is 1. The summed E-state index contributed by atoms with van der Waals surface area (Å²) < 4.78 is 11.3. The van der Waals surface area contributed by atoms with Gasteiger partial charge < -0.3 is 19.6 Å². The van der Waals surface area contributed by atoms with Crippen LogP contribution in [-0.2, 0) is 16.2 Å². The molecule has 0 aliphatic carbocycles. The molecule has 1 N–H and O–H groups in total. The van der Waals surface area contributed by atoms with Crippen LogP contribution in [0.1, 0.15) is 22.3 Å². The highest BCUT2D eigenvalue weighted by molar-refractivity contribution is 5.92. The molecule has 0 aliphatic heterocycles. The Morgan fingerprint density at radius 2 is 1.81 bits per heavy atom. The molecule has 6 nitrogen and oxygen atoms in total. The average molecular weight is 418 g/mol. The van der Waals surface area contributed by atoms with Crippen molar-refractivity contribution in [2.45, 2.75) is 20.5 Å². The molecule has 0 unspecified atom stereocenters. The van der Waals surface area contributed by atoms with Gasteiger partial charge in [-0.15, -0.1) is 0 Å². The summed E-state index contributed by atoms with van der Waals surface area (Å²) in [6.07, 6.45) is 1.52. The number of benzene rings is 3. The van der Waals surface area contributed by atoms with E-state index >= 15 is 0 Å². The Hall–Kier alpha value is -3.80. The van der Waals surface area contributed by atoms with Crippen molar-refractivity contribution in [3.05, 3.63) is 89.0 Å². The van der Waals surface area contributed by atoms with Gasteiger partial charge in [-0.3, -0.25) is 4.79 Å². The third kappa shape index (κ3) is 6.60. The molecule has 31 heavy (non-hydrogen) atoms. The number of hydrogen-bond donors (Lipinski definition) is 1. The first-order valence-corrected chi connectivity index (χ1v) is 9.92. The predicted octanol–water partition coefficient (Wildman–Crippen LogP) is 4.88. The van der Waals surface area contributed by atoms with Gasteiger partial charge in [-0.2, -0.15) is 0 Å². The molecule has 0 saturated carbocycles. The third-order valence-electron chi connectivity index (χ3n) is 4.55. The van der Waals surface area contributed by atoms with Crippen molar-refractivity contribution in [1.29, 1.82) is 0 Å². The summed E-state index contributed by atoms with van der Waals surface area (Å²) in [5.74, 6) is 0.955. The molecule has 1 amide bonds. The molecule has 160 valence electrons. The normalized spacial score (nSPS) is 10.7. The minimum absolute atomic E-state index is 0.181. The topological polar surface area (TPSA) is 69.2 Å². The highest BCUT2D eigenvalue weighted by atomic mass is 16.6. The monoisotopic (exact) mass is 418 g/mol. The van der Waals surface area contributed by atoms with Crippen molar-refractivity contribution in [2.24, 2.45) is 5.16 Å². The van der Waals surface area contributed by atoms with E-state index < -0.39 is 0 Å². The molecule has 0 bridgehead atoms. The summed E-state index contributed by atoms with van der Waals surface area (Å²) in [4.78, 5) is 17.2. The van der Waals surface area contributed by atoms with Gasteiger partial charge in [-0.05, 0) is 49.2 Å². The Bertz CT molecular complexity index is 1050. The summed E-state index contributed by atoms with van der Waals surface area (Å²) in [5, 5.41) is 6.69. The number of oxime groups is 1. The quantitative estimate of drug-likeness (QED) is 0.397. The molecular weight excluding hydrogens is 392 g/mol. The molecule has 0 radical (unpaired) electrons. The Morgan fingerprint density at radius 1 is 1.00 bits per heavy atom. The van der Waals surface area contributed by atoms with E-state index in [1.807, 2.05) is 74.5 Å². The van der Waals surface area contributed by atoms with Gasteiger partial charge in [-0.1, -0.05) is 53.2 Å². The molecule has 0 fully saturated rings. The number of ether oxygens (including phenoxy) is 2. The SMILES string of the molecule is COc1cc(/C=N/OCC(=O)Nc2ccc(C)cc2C)ccc1OCc1ccccc1. The van der Waals surface area contributed by atoms with Gasteiger partial charge in [0.1, 0.15) is 6.61 Å². The maximum Gasteiger partial charge on any atom is 0.265 e. The fraction of sp³-hybridized carbons (Fsp3) is 0.200. The Balaban J connectivity index is 1.51. The minimum Gasteiger partial charge on any atom is -0.493 e. The summed E-state index contributed by atoms with van der Waals surface area (Å²) in [6, 6.07) is 21.2. The summed E-state index contributed by atoms with van der Waals surface area (Å²) in [7, 11) is 1.58. The number of hydrogen-bond acceptors (Lipinski definition) is 5. The molecule has 0 aromatic heterocycles. The number of aryl methyl sites for hydroxylation is 2. The van der Waals surface area contributed by atoms with Crippen molar-refractivity contribution in [1.82, 2.24) is 0 Å². The maximum absolute atomic E-state index is 12.0. The number of rotatable bonds is 9. The number of nitrogens with one attached hydrogen (secondary N) is 1. The van der Waals surface area contributed by atoms with Gasteiger partial charge >= 0.3 is 0 Å². The van der Waals surface area contributed by atoms with Gasteiger partial charge in [0.25, 0.3) is 5.91 Å². The number of methoxy groups -OCH3 is 1. The molecule has 0 spiro atoms. The Morgan fingerprint density at radius 3 is 2.55 bits per heavy atom. The lowest BCUT2D eigenvalue weighted by molar-refractivity contribution is -0.120. The molecule has 3 aromatic rings. The second-order valence-corrected chi connectivity index (χ2v) is 7.06. The molecule has 0 saturated heterocycles. The number of nitrogens with zero attached hydrogens (tertiary/aromatic N) is 1. The molecule has 3 aromatic carbocycles. The van der Waals surface area contributed by atoms with Crippen molar-refractivity contribution in [2.75, 3.05) is 19.0 Å². The highest BCUT2D eigenvalue weighted by Crippen LogP contribution is 2.28. The van der Waals surface area contributed by atoms with E-state index in [4.69, 9.17) is 14.3 Å². The first-order valence-electron chi connectivity index (χ1n) is 9.92. The smallest absolute Gasteiger partial charge is 0.265 e. The van der Waals surface area contributed by atoms with Gasteiger partial charge in [0.2, 0.25) is 0 Å². The van der Waals surface area contributed by atoms with E-state index in [9.17, 15) is 4.79 Å². The lowest BCUT2D eigenvalue weighted by Gasteiger charge is -2.11. The third-order valence-corrected chi connectivity index (χ3v) is 4.55. The Kier molecular flexibility index (Phi) is 7.65. The fourth-order valence-electron chi connectivity index (χ4n) is 2.95. The summed E-state index contributed by atoms with van der Waals surface area (Å²) in [6.45, 7) is 4.22. The second kappa shape index (κ2) is 10.8. The van der Waals surface area contributed by atoms with E-state index in [1.165, 1.54) is 6.21 Å². The van der Waals surface area contributed by atoms with Gasteiger partial charge in [0.05, 0.1) is 13.3 Å². The highest BCUT2D eigenvalue weighted by Gasteiger charge is 2.07. The minimum atomic E-state index is -0.272. The van der Waals surface area contributed by atoms with Crippen molar-refractivity contribution < 1.29 is 19.1 Å². The number of amides is 1. The van der Waals surface area contributed by atoms with Crippen LogP contribution in [0.2, 0.25) is 0 Å². The maximum atomic E-state index is 12.0. The van der Waals surface area contributed by atoms with Crippen LogP contribution >= 0.6 is 0 Å². The van der Waals surface area contributed by atoms with Crippen molar-refractivity contribution in [3.8, 4) is 11.5 Å². The zero-order chi connectivity index (χ0) is 22.1. The largest absolute Gasteiger partial charge is 0.493 e. The van der Waals surface area contributed by atoms with Crippen LogP contribution < -0.4 is 14.8 Å². The van der Waals surface area contributed by atoms with Crippen LogP contribution in [0.25, 0.3) is 0 Å².